The van der Waals surface area contributed by atoms with E-state index in [1.807, 2.05) is 52.7 Å². The van der Waals surface area contributed by atoms with E-state index < -0.39 is 0 Å². The van der Waals surface area contributed by atoms with E-state index in [-0.39, 0.29) is 5.91 Å². The van der Waals surface area contributed by atoms with Crippen molar-refractivity contribution in [2.75, 3.05) is 0 Å². The summed E-state index contributed by atoms with van der Waals surface area (Å²) >= 11 is 1.64. The monoisotopic (exact) mass is 325 g/mol. The van der Waals surface area contributed by atoms with Crippen LogP contribution in [0.1, 0.15) is 34.2 Å². The van der Waals surface area contributed by atoms with Gasteiger partial charge < -0.3 is 9.32 Å². The number of rotatable bonds is 6. The topological polar surface area (TPSA) is 33.5 Å². The van der Waals surface area contributed by atoms with Gasteiger partial charge in [-0.3, -0.25) is 4.79 Å². The Morgan fingerprint density at radius 1 is 1.09 bits per heavy atom. The van der Waals surface area contributed by atoms with Gasteiger partial charge in [-0.05, 0) is 58.6 Å². The fraction of sp³-hybridized carbons (Fsp3) is 0.211. The van der Waals surface area contributed by atoms with Gasteiger partial charge in [-0.2, -0.15) is 11.3 Å². The van der Waals surface area contributed by atoms with E-state index in [0.717, 1.165) is 17.7 Å². The number of thiophene rings is 1. The minimum Gasteiger partial charge on any atom is -0.467 e. The second kappa shape index (κ2) is 7.29. The van der Waals surface area contributed by atoms with Crippen LogP contribution in [0.2, 0.25) is 0 Å². The highest BCUT2D eigenvalue weighted by atomic mass is 32.1. The molecule has 0 atom stereocenters. The van der Waals surface area contributed by atoms with Crippen molar-refractivity contribution in [2.24, 2.45) is 0 Å². The number of amides is 1. The lowest BCUT2D eigenvalue weighted by Gasteiger charge is -2.21. The summed E-state index contributed by atoms with van der Waals surface area (Å²) in [6.45, 7) is 3.16. The summed E-state index contributed by atoms with van der Waals surface area (Å²) in [5, 5.41) is 4.10. The van der Waals surface area contributed by atoms with E-state index in [2.05, 4.69) is 12.3 Å². The molecular formula is C19H19NO2S. The van der Waals surface area contributed by atoms with Crippen molar-refractivity contribution in [3.8, 4) is 0 Å². The molecular weight excluding hydrogens is 306 g/mol. The van der Waals surface area contributed by atoms with E-state index in [0.29, 0.717) is 18.7 Å². The molecule has 3 aromatic rings. The van der Waals surface area contributed by atoms with Gasteiger partial charge in [0.25, 0.3) is 5.91 Å². The summed E-state index contributed by atoms with van der Waals surface area (Å²) in [5.41, 5.74) is 3.08. The van der Waals surface area contributed by atoms with Crippen LogP contribution >= 0.6 is 11.3 Å². The SMILES string of the molecule is CCc1ccc(C(=O)N(Cc2ccsc2)Cc2ccco2)cc1. The largest absolute Gasteiger partial charge is 0.467 e. The Labute approximate surface area is 140 Å². The van der Waals surface area contributed by atoms with Crippen molar-refractivity contribution in [3.63, 3.8) is 0 Å². The number of carbonyl (C=O) groups is 1. The van der Waals surface area contributed by atoms with Crippen molar-refractivity contribution in [1.82, 2.24) is 4.90 Å². The number of carbonyl (C=O) groups excluding carboxylic acids is 1. The zero-order chi connectivity index (χ0) is 16.1. The van der Waals surface area contributed by atoms with Gasteiger partial charge in [0, 0.05) is 12.1 Å². The van der Waals surface area contributed by atoms with Crippen LogP contribution in [0.4, 0.5) is 0 Å². The Kier molecular flexibility index (Phi) is 4.93. The predicted octanol–water partition coefficient (Wildman–Crippen LogP) is 4.75. The molecule has 0 aliphatic heterocycles. The molecule has 23 heavy (non-hydrogen) atoms. The second-order valence-corrected chi connectivity index (χ2v) is 6.20. The van der Waals surface area contributed by atoms with Crippen LogP contribution < -0.4 is 0 Å². The summed E-state index contributed by atoms with van der Waals surface area (Å²) in [7, 11) is 0. The van der Waals surface area contributed by atoms with E-state index in [4.69, 9.17) is 4.42 Å². The highest BCUT2D eigenvalue weighted by molar-refractivity contribution is 7.07. The third-order valence-electron chi connectivity index (χ3n) is 3.78. The minimum atomic E-state index is 0.0234. The molecule has 3 rings (SSSR count). The summed E-state index contributed by atoms with van der Waals surface area (Å²) in [6, 6.07) is 13.6. The molecule has 0 spiro atoms. The van der Waals surface area contributed by atoms with E-state index >= 15 is 0 Å². The number of hydrogen-bond acceptors (Lipinski definition) is 3. The van der Waals surface area contributed by atoms with E-state index in [1.54, 1.807) is 17.6 Å². The molecule has 2 heterocycles. The molecule has 0 saturated carbocycles. The van der Waals surface area contributed by atoms with Crippen LogP contribution in [0.25, 0.3) is 0 Å². The molecule has 0 N–H and O–H groups in total. The van der Waals surface area contributed by atoms with Gasteiger partial charge in [0.1, 0.15) is 5.76 Å². The first-order valence-electron chi connectivity index (χ1n) is 7.68. The fourth-order valence-corrected chi connectivity index (χ4v) is 3.12. The number of benzene rings is 1. The molecule has 4 heteroatoms. The number of furan rings is 1. The lowest BCUT2D eigenvalue weighted by atomic mass is 10.1. The second-order valence-electron chi connectivity index (χ2n) is 5.42. The Hall–Kier alpha value is -2.33. The van der Waals surface area contributed by atoms with Gasteiger partial charge in [-0.25, -0.2) is 0 Å². The first kappa shape index (κ1) is 15.6. The first-order valence-corrected chi connectivity index (χ1v) is 8.62. The molecule has 1 aromatic carbocycles. The zero-order valence-corrected chi connectivity index (χ0v) is 13.9. The molecule has 3 nitrogen and oxygen atoms in total. The number of hydrogen-bond donors (Lipinski definition) is 0. The summed E-state index contributed by atoms with van der Waals surface area (Å²) in [4.78, 5) is 14.7. The normalized spacial score (nSPS) is 10.7. The van der Waals surface area contributed by atoms with Crippen LogP contribution in [-0.4, -0.2) is 10.8 Å². The van der Waals surface area contributed by atoms with Crippen LogP contribution in [0.3, 0.4) is 0 Å². The summed E-state index contributed by atoms with van der Waals surface area (Å²) < 4.78 is 5.41. The highest BCUT2D eigenvalue weighted by Crippen LogP contribution is 2.17. The van der Waals surface area contributed by atoms with Crippen molar-refractivity contribution in [3.05, 3.63) is 81.9 Å². The fourth-order valence-electron chi connectivity index (χ4n) is 2.46. The average Bonchev–Trinajstić information content (AvgIpc) is 3.27. The lowest BCUT2D eigenvalue weighted by Crippen LogP contribution is -2.29. The third kappa shape index (κ3) is 3.90. The Morgan fingerprint density at radius 3 is 2.52 bits per heavy atom. The van der Waals surface area contributed by atoms with Crippen molar-refractivity contribution < 1.29 is 9.21 Å². The van der Waals surface area contributed by atoms with Gasteiger partial charge in [0.15, 0.2) is 0 Å². The van der Waals surface area contributed by atoms with Crippen LogP contribution in [0, 0.1) is 0 Å². The minimum absolute atomic E-state index is 0.0234. The van der Waals surface area contributed by atoms with Crippen molar-refractivity contribution >= 4 is 17.2 Å². The van der Waals surface area contributed by atoms with Crippen molar-refractivity contribution in [2.45, 2.75) is 26.4 Å². The smallest absolute Gasteiger partial charge is 0.254 e. The van der Waals surface area contributed by atoms with Crippen LogP contribution in [0.5, 0.6) is 0 Å². The molecule has 0 bridgehead atoms. The molecule has 0 unspecified atom stereocenters. The standard InChI is InChI=1S/C19H19NO2S/c1-2-15-5-7-17(8-6-15)19(21)20(12-16-9-11-23-14-16)13-18-4-3-10-22-18/h3-11,14H,2,12-13H2,1H3. The molecule has 0 saturated heterocycles. The van der Waals surface area contributed by atoms with Gasteiger partial charge in [-0.1, -0.05) is 19.1 Å². The van der Waals surface area contributed by atoms with E-state index in [9.17, 15) is 4.79 Å². The average molecular weight is 325 g/mol. The zero-order valence-electron chi connectivity index (χ0n) is 13.1. The van der Waals surface area contributed by atoms with Crippen LogP contribution in [-0.2, 0) is 19.5 Å². The molecule has 0 aliphatic carbocycles. The van der Waals surface area contributed by atoms with Crippen molar-refractivity contribution in [1.29, 1.82) is 0 Å². The third-order valence-corrected chi connectivity index (χ3v) is 4.51. The van der Waals surface area contributed by atoms with Gasteiger partial charge in [-0.15, -0.1) is 0 Å². The Morgan fingerprint density at radius 2 is 1.91 bits per heavy atom. The van der Waals surface area contributed by atoms with Gasteiger partial charge in [0.05, 0.1) is 12.8 Å². The van der Waals surface area contributed by atoms with Crippen LogP contribution in [0.15, 0.2) is 63.9 Å². The summed E-state index contributed by atoms with van der Waals surface area (Å²) in [6.07, 6.45) is 2.61. The predicted molar refractivity (Wildman–Crippen MR) is 92.4 cm³/mol. The lowest BCUT2D eigenvalue weighted by molar-refractivity contribution is 0.0718. The molecule has 2 aromatic heterocycles. The van der Waals surface area contributed by atoms with Gasteiger partial charge >= 0.3 is 0 Å². The maximum absolute atomic E-state index is 12.9. The maximum atomic E-state index is 12.9. The Balaban J connectivity index is 1.81. The van der Waals surface area contributed by atoms with Gasteiger partial charge in [0.2, 0.25) is 0 Å². The maximum Gasteiger partial charge on any atom is 0.254 e. The molecule has 0 radical (unpaired) electrons. The summed E-state index contributed by atoms with van der Waals surface area (Å²) in [5.74, 6) is 0.814. The molecule has 1 amide bonds. The Bertz CT molecular complexity index is 694. The molecule has 0 fully saturated rings. The number of aryl methyl sites for hydroxylation is 1. The van der Waals surface area contributed by atoms with E-state index in [1.165, 1.54) is 5.56 Å². The number of nitrogens with zero attached hydrogens (tertiary/aromatic N) is 1. The quantitative estimate of drug-likeness (QED) is 0.655. The molecule has 0 aliphatic rings. The first-order chi connectivity index (χ1) is 11.3. The molecule has 118 valence electrons. The highest BCUT2D eigenvalue weighted by Gasteiger charge is 2.18.